The molecule has 7 heteroatoms. The number of morpholine rings is 1. The van der Waals surface area contributed by atoms with Crippen molar-refractivity contribution in [1.82, 2.24) is 14.5 Å². The summed E-state index contributed by atoms with van der Waals surface area (Å²) in [6.07, 6.45) is 0.627. The van der Waals surface area contributed by atoms with Crippen LogP contribution in [0.25, 0.3) is 11.0 Å². The van der Waals surface area contributed by atoms with E-state index in [1.807, 2.05) is 15.5 Å². The third-order valence-electron chi connectivity index (χ3n) is 4.97. The van der Waals surface area contributed by atoms with Gasteiger partial charge in [0.05, 0.1) is 34.3 Å². The van der Waals surface area contributed by atoms with Crippen LogP contribution in [0.15, 0.2) is 36.4 Å². The molecule has 0 aliphatic carbocycles. The fourth-order valence-corrected chi connectivity index (χ4v) is 3.85. The van der Waals surface area contributed by atoms with Crippen molar-refractivity contribution in [2.75, 3.05) is 26.3 Å². The Kier molecular flexibility index (Phi) is 5.58. The van der Waals surface area contributed by atoms with Gasteiger partial charge in [-0.3, -0.25) is 4.79 Å². The van der Waals surface area contributed by atoms with Crippen molar-refractivity contribution in [3.05, 3.63) is 63.4 Å². The summed E-state index contributed by atoms with van der Waals surface area (Å²) < 4.78 is 7.31. The van der Waals surface area contributed by atoms with Gasteiger partial charge in [-0.1, -0.05) is 53.0 Å². The van der Waals surface area contributed by atoms with E-state index in [1.54, 1.807) is 12.1 Å². The summed E-state index contributed by atoms with van der Waals surface area (Å²) in [4.78, 5) is 19.5. The van der Waals surface area contributed by atoms with Crippen LogP contribution in [0.3, 0.4) is 0 Å². The van der Waals surface area contributed by atoms with Gasteiger partial charge >= 0.3 is 0 Å². The number of imidazole rings is 1. The number of carbonyl (C=O) groups is 1. The van der Waals surface area contributed by atoms with Crippen molar-refractivity contribution in [2.24, 2.45) is 0 Å². The van der Waals surface area contributed by atoms with Gasteiger partial charge in [0.25, 0.3) is 0 Å². The SMILES string of the molecule is Cc1cccc(Cc2nc3cc(Cl)c(Cl)cc3n2CC(=O)N2CCOCC2)c1. The highest BCUT2D eigenvalue weighted by atomic mass is 35.5. The molecule has 1 fully saturated rings. The summed E-state index contributed by atoms with van der Waals surface area (Å²) in [5.41, 5.74) is 3.90. The number of nitrogens with zero attached hydrogens (tertiary/aromatic N) is 3. The monoisotopic (exact) mass is 417 g/mol. The molecule has 2 heterocycles. The van der Waals surface area contributed by atoms with Gasteiger partial charge in [0.1, 0.15) is 12.4 Å². The van der Waals surface area contributed by atoms with E-state index in [4.69, 9.17) is 32.9 Å². The van der Waals surface area contributed by atoms with E-state index >= 15 is 0 Å². The number of hydrogen-bond acceptors (Lipinski definition) is 3. The van der Waals surface area contributed by atoms with E-state index in [1.165, 1.54) is 5.56 Å². The van der Waals surface area contributed by atoms with Crippen LogP contribution in [0.5, 0.6) is 0 Å². The lowest BCUT2D eigenvalue weighted by atomic mass is 10.1. The first kappa shape index (κ1) is 19.2. The van der Waals surface area contributed by atoms with E-state index in [2.05, 4.69) is 25.1 Å². The Morgan fingerprint density at radius 3 is 2.64 bits per heavy atom. The number of aryl methyl sites for hydroxylation is 1. The summed E-state index contributed by atoms with van der Waals surface area (Å²) in [5.74, 6) is 0.875. The average Bonchev–Trinajstić information content (AvgIpc) is 2.99. The predicted octanol–water partition coefficient (Wildman–Crippen LogP) is 4.10. The van der Waals surface area contributed by atoms with Gasteiger partial charge in [-0.25, -0.2) is 4.98 Å². The maximum absolute atomic E-state index is 12.9. The molecule has 1 aromatic heterocycles. The van der Waals surface area contributed by atoms with Crippen molar-refractivity contribution in [1.29, 1.82) is 0 Å². The first-order valence-corrected chi connectivity index (χ1v) is 10.0. The number of rotatable bonds is 4. The van der Waals surface area contributed by atoms with Crippen LogP contribution in [0, 0.1) is 6.92 Å². The Bertz CT molecular complexity index is 1030. The van der Waals surface area contributed by atoms with Crippen LogP contribution in [0.1, 0.15) is 17.0 Å². The number of hydrogen-bond donors (Lipinski definition) is 0. The predicted molar refractivity (Wildman–Crippen MR) is 111 cm³/mol. The Morgan fingerprint density at radius 1 is 1.14 bits per heavy atom. The molecule has 0 saturated carbocycles. The second-order valence-electron chi connectivity index (χ2n) is 7.03. The van der Waals surface area contributed by atoms with Crippen molar-refractivity contribution < 1.29 is 9.53 Å². The van der Waals surface area contributed by atoms with Crippen LogP contribution in [-0.2, 0) is 22.5 Å². The first-order chi connectivity index (χ1) is 13.5. The zero-order chi connectivity index (χ0) is 19.7. The minimum absolute atomic E-state index is 0.0548. The molecule has 1 aliphatic heterocycles. The van der Waals surface area contributed by atoms with Crippen molar-refractivity contribution in [3.63, 3.8) is 0 Å². The lowest BCUT2D eigenvalue weighted by Crippen LogP contribution is -2.42. The molecule has 0 bridgehead atoms. The van der Waals surface area contributed by atoms with Crippen LogP contribution < -0.4 is 0 Å². The van der Waals surface area contributed by atoms with Gasteiger partial charge in [-0.15, -0.1) is 0 Å². The minimum atomic E-state index is 0.0548. The summed E-state index contributed by atoms with van der Waals surface area (Å²) in [6, 6.07) is 11.8. The Morgan fingerprint density at radius 2 is 1.89 bits per heavy atom. The number of aromatic nitrogens is 2. The van der Waals surface area contributed by atoms with Crippen LogP contribution in [-0.4, -0.2) is 46.7 Å². The molecule has 146 valence electrons. The van der Waals surface area contributed by atoms with E-state index < -0.39 is 0 Å². The molecule has 4 rings (SSSR count). The van der Waals surface area contributed by atoms with E-state index in [0.717, 1.165) is 22.4 Å². The normalized spacial score (nSPS) is 14.6. The fourth-order valence-electron chi connectivity index (χ4n) is 3.53. The molecule has 0 radical (unpaired) electrons. The lowest BCUT2D eigenvalue weighted by Gasteiger charge is -2.27. The van der Waals surface area contributed by atoms with Crippen molar-refractivity contribution >= 4 is 40.1 Å². The Hall–Kier alpha value is -2.08. The van der Waals surface area contributed by atoms with Crippen LogP contribution in [0.4, 0.5) is 0 Å². The smallest absolute Gasteiger partial charge is 0.242 e. The molecule has 28 heavy (non-hydrogen) atoms. The molecule has 1 aliphatic rings. The number of ether oxygens (including phenoxy) is 1. The number of halogens is 2. The molecular weight excluding hydrogens is 397 g/mol. The largest absolute Gasteiger partial charge is 0.378 e. The Balaban J connectivity index is 1.72. The second kappa shape index (κ2) is 8.11. The van der Waals surface area contributed by atoms with Gasteiger partial charge in [0.2, 0.25) is 5.91 Å². The molecule has 0 N–H and O–H groups in total. The fraction of sp³-hybridized carbons (Fsp3) is 0.333. The van der Waals surface area contributed by atoms with E-state index in [0.29, 0.717) is 42.8 Å². The van der Waals surface area contributed by atoms with Gasteiger partial charge in [0, 0.05) is 19.5 Å². The van der Waals surface area contributed by atoms with Gasteiger partial charge in [0.15, 0.2) is 0 Å². The molecule has 0 spiro atoms. The van der Waals surface area contributed by atoms with Gasteiger partial charge < -0.3 is 14.2 Å². The third-order valence-corrected chi connectivity index (χ3v) is 5.69. The molecule has 5 nitrogen and oxygen atoms in total. The highest BCUT2D eigenvalue weighted by Crippen LogP contribution is 2.29. The second-order valence-corrected chi connectivity index (χ2v) is 7.84. The maximum Gasteiger partial charge on any atom is 0.242 e. The van der Waals surface area contributed by atoms with Crippen molar-refractivity contribution in [3.8, 4) is 0 Å². The molecule has 1 saturated heterocycles. The highest BCUT2D eigenvalue weighted by molar-refractivity contribution is 6.42. The summed E-state index contributed by atoms with van der Waals surface area (Å²) >= 11 is 12.4. The van der Waals surface area contributed by atoms with Gasteiger partial charge in [-0.05, 0) is 24.6 Å². The lowest BCUT2D eigenvalue weighted by molar-refractivity contribution is -0.135. The molecule has 2 aromatic carbocycles. The molecule has 0 atom stereocenters. The number of benzene rings is 2. The zero-order valence-corrected chi connectivity index (χ0v) is 17.1. The molecular formula is C21H21Cl2N3O2. The van der Waals surface area contributed by atoms with Crippen LogP contribution in [0.2, 0.25) is 10.0 Å². The van der Waals surface area contributed by atoms with Gasteiger partial charge in [-0.2, -0.15) is 0 Å². The molecule has 3 aromatic rings. The quantitative estimate of drug-likeness (QED) is 0.641. The number of fused-ring (bicyclic) bond motifs is 1. The number of amides is 1. The highest BCUT2D eigenvalue weighted by Gasteiger charge is 2.21. The van der Waals surface area contributed by atoms with E-state index in [9.17, 15) is 4.79 Å². The van der Waals surface area contributed by atoms with Crippen LogP contribution >= 0.6 is 23.2 Å². The zero-order valence-electron chi connectivity index (χ0n) is 15.6. The average molecular weight is 418 g/mol. The Labute approximate surface area is 173 Å². The standard InChI is InChI=1S/C21H21Cl2N3O2/c1-14-3-2-4-15(9-14)10-20-24-18-11-16(22)17(23)12-19(18)26(20)13-21(27)25-5-7-28-8-6-25/h2-4,9,11-12H,5-8,10,13H2,1H3. The third kappa shape index (κ3) is 4.02. The minimum Gasteiger partial charge on any atom is -0.378 e. The van der Waals surface area contributed by atoms with E-state index in [-0.39, 0.29) is 12.5 Å². The summed E-state index contributed by atoms with van der Waals surface area (Å²) in [6.45, 7) is 4.67. The topological polar surface area (TPSA) is 47.4 Å². The number of carbonyl (C=O) groups excluding carboxylic acids is 1. The maximum atomic E-state index is 12.9. The molecule has 1 amide bonds. The summed E-state index contributed by atoms with van der Waals surface area (Å²) in [5, 5.41) is 0.914. The van der Waals surface area contributed by atoms with Crippen molar-refractivity contribution in [2.45, 2.75) is 19.9 Å². The molecule has 0 unspecified atom stereocenters. The first-order valence-electron chi connectivity index (χ1n) is 9.26. The summed E-state index contributed by atoms with van der Waals surface area (Å²) in [7, 11) is 0.